The molecule has 0 saturated carbocycles. The van der Waals surface area contributed by atoms with Crippen LogP contribution in [-0.4, -0.2) is 4.21 Å². The van der Waals surface area contributed by atoms with Crippen LogP contribution in [0.15, 0.2) is 47.4 Å². The summed E-state index contributed by atoms with van der Waals surface area (Å²) >= 11 is 5.78. The van der Waals surface area contributed by atoms with Crippen LogP contribution < -0.4 is 5.73 Å². The summed E-state index contributed by atoms with van der Waals surface area (Å²) in [5, 5.41) is 0.378. The second kappa shape index (κ2) is 6.07. The monoisotopic (exact) mass is 333 g/mol. The van der Waals surface area contributed by atoms with Gasteiger partial charge in [-0.25, -0.2) is 0 Å². The molecule has 2 aromatic carbocycles. The van der Waals surface area contributed by atoms with Gasteiger partial charge in [-0.1, -0.05) is 23.7 Å². The van der Waals surface area contributed by atoms with E-state index in [0.29, 0.717) is 16.3 Å². The molecular formula is C14H11ClF3NOS. The van der Waals surface area contributed by atoms with Crippen LogP contribution in [0, 0.1) is 0 Å². The summed E-state index contributed by atoms with van der Waals surface area (Å²) in [6.07, 6.45) is -4.45. The predicted octanol–water partition coefficient (Wildman–Crippen LogP) is 4.25. The van der Waals surface area contributed by atoms with Crippen molar-refractivity contribution in [2.24, 2.45) is 0 Å². The highest BCUT2D eigenvalue weighted by molar-refractivity contribution is 7.84. The molecular weight excluding hydrogens is 323 g/mol. The summed E-state index contributed by atoms with van der Waals surface area (Å²) in [5.74, 6) is 0.0721. The number of nitrogen functional groups attached to an aromatic ring is 1. The Morgan fingerprint density at radius 2 is 1.86 bits per heavy atom. The number of benzene rings is 2. The van der Waals surface area contributed by atoms with Gasteiger partial charge < -0.3 is 5.73 Å². The van der Waals surface area contributed by atoms with Crippen LogP contribution in [0.3, 0.4) is 0 Å². The van der Waals surface area contributed by atoms with Crippen LogP contribution in [0.5, 0.6) is 0 Å². The normalized spacial score (nSPS) is 13.1. The van der Waals surface area contributed by atoms with Crippen molar-refractivity contribution in [3.05, 3.63) is 58.6 Å². The zero-order valence-corrected chi connectivity index (χ0v) is 12.2. The lowest BCUT2D eigenvalue weighted by Gasteiger charge is -2.09. The molecule has 7 heteroatoms. The highest BCUT2D eigenvalue weighted by Gasteiger charge is 2.30. The fourth-order valence-corrected chi connectivity index (χ4v) is 2.99. The molecule has 112 valence electrons. The van der Waals surface area contributed by atoms with E-state index < -0.39 is 22.5 Å². The number of hydrogen-bond donors (Lipinski definition) is 1. The van der Waals surface area contributed by atoms with Crippen molar-refractivity contribution in [1.29, 1.82) is 0 Å². The minimum atomic E-state index is -4.45. The summed E-state index contributed by atoms with van der Waals surface area (Å²) in [6, 6.07) is 9.26. The van der Waals surface area contributed by atoms with E-state index in [9.17, 15) is 17.4 Å². The molecule has 0 amide bonds. The van der Waals surface area contributed by atoms with Gasteiger partial charge >= 0.3 is 6.18 Å². The lowest BCUT2D eigenvalue weighted by molar-refractivity contribution is -0.137. The molecule has 1 atom stereocenters. The van der Waals surface area contributed by atoms with E-state index in [0.717, 1.165) is 12.1 Å². The SMILES string of the molecule is Nc1cc(CS(=O)c2cccc(C(F)(F)F)c2)ccc1Cl. The summed E-state index contributed by atoms with van der Waals surface area (Å²) in [5.41, 5.74) is 5.81. The van der Waals surface area contributed by atoms with Crippen molar-refractivity contribution < 1.29 is 17.4 Å². The van der Waals surface area contributed by atoms with Gasteiger partial charge in [0.05, 0.1) is 32.8 Å². The van der Waals surface area contributed by atoms with Gasteiger partial charge in [-0.15, -0.1) is 0 Å². The second-order valence-corrected chi connectivity index (χ2v) is 6.23. The van der Waals surface area contributed by atoms with E-state index >= 15 is 0 Å². The van der Waals surface area contributed by atoms with Crippen LogP contribution >= 0.6 is 11.6 Å². The Morgan fingerprint density at radius 3 is 2.48 bits per heavy atom. The van der Waals surface area contributed by atoms with Crippen molar-refractivity contribution in [3.8, 4) is 0 Å². The third-order valence-corrected chi connectivity index (χ3v) is 4.50. The molecule has 21 heavy (non-hydrogen) atoms. The fourth-order valence-electron chi connectivity index (χ4n) is 1.73. The standard InChI is InChI=1S/C14H11ClF3NOS/c15-12-5-4-9(6-13(12)19)8-21(20)11-3-1-2-10(7-11)14(16,17)18/h1-7H,8,19H2. The minimum absolute atomic E-state index is 0.0721. The molecule has 0 bridgehead atoms. The van der Waals surface area contributed by atoms with Gasteiger partial charge in [0.2, 0.25) is 0 Å². The zero-order valence-electron chi connectivity index (χ0n) is 10.7. The number of anilines is 1. The maximum Gasteiger partial charge on any atom is 0.416 e. The lowest BCUT2D eigenvalue weighted by Crippen LogP contribution is -2.06. The van der Waals surface area contributed by atoms with E-state index in [1.807, 2.05) is 0 Å². The molecule has 0 radical (unpaired) electrons. The van der Waals surface area contributed by atoms with Crippen LogP contribution in [0.25, 0.3) is 0 Å². The molecule has 0 spiro atoms. The summed E-state index contributed by atoms with van der Waals surface area (Å²) < 4.78 is 50.0. The Balaban J connectivity index is 2.22. The largest absolute Gasteiger partial charge is 0.416 e. The molecule has 2 aromatic rings. The first-order valence-electron chi connectivity index (χ1n) is 5.87. The van der Waals surface area contributed by atoms with Gasteiger partial charge in [-0.05, 0) is 35.9 Å². The lowest BCUT2D eigenvalue weighted by atomic mass is 10.2. The average Bonchev–Trinajstić information content (AvgIpc) is 2.42. The number of halogens is 4. The highest BCUT2D eigenvalue weighted by Crippen LogP contribution is 2.30. The quantitative estimate of drug-likeness (QED) is 0.853. The van der Waals surface area contributed by atoms with E-state index in [1.54, 1.807) is 18.2 Å². The van der Waals surface area contributed by atoms with E-state index in [2.05, 4.69) is 0 Å². The average molecular weight is 334 g/mol. The molecule has 0 aliphatic heterocycles. The molecule has 0 aromatic heterocycles. The second-order valence-electron chi connectivity index (χ2n) is 4.37. The molecule has 0 fully saturated rings. The highest BCUT2D eigenvalue weighted by atomic mass is 35.5. The predicted molar refractivity (Wildman–Crippen MR) is 77.4 cm³/mol. The van der Waals surface area contributed by atoms with Crippen LogP contribution in [0.2, 0.25) is 5.02 Å². The first kappa shape index (κ1) is 15.9. The topological polar surface area (TPSA) is 43.1 Å². The third kappa shape index (κ3) is 3.98. The molecule has 0 heterocycles. The van der Waals surface area contributed by atoms with Crippen LogP contribution in [0.4, 0.5) is 18.9 Å². The first-order chi connectivity index (χ1) is 9.77. The molecule has 2 N–H and O–H groups in total. The van der Waals surface area contributed by atoms with Crippen molar-refractivity contribution in [3.63, 3.8) is 0 Å². The first-order valence-corrected chi connectivity index (χ1v) is 7.56. The van der Waals surface area contributed by atoms with E-state index in [4.69, 9.17) is 17.3 Å². The number of alkyl halides is 3. The van der Waals surface area contributed by atoms with Crippen molar-refractivity contribution in [1.82, 2.24) is 0 Å². The van der Waals surface area contributed by atoms with E-state index in [-0.39, 0.29) is 10.6 Å². The fraction of sp³-hybridized carbons (Fsp3) is 0.143. The Morgan fingerprint density at radius 1 is 1.14 bits per heavy atom. The minimum Gasteiger partial charge on any atom is -0.398 e. The van der Waals surface area contributed by atoms with Gasteiger partial charge in [0.25, 0.3) is 0 Å². The summed E-state index contributed by atoms with van der Waals surface area (Å²) in [7, 11) is -1.59. The Bertz CT molecular complexity index is 688. The van der Waals surface area contributed by atoms with Crippen LogP contribution in [-0.2, 0) is 22.7 Å². The van der Waals surface area contributed by atoms with Gasteiger partial charge in [0.1, 0.15) is 0 Å². The molecule has 2 rings (SSSR count). The maximum absolute atomic E-state index is 12.6. The van der Waals surface area contributed by atoms with Crippen LogP contribution in [0.1, 0.15) is 11.1 Å². The smallest absolute Gasteiger partial charge is 0.398 e. The maximum atomic E-state index is 12.6. The number of nitrogens with two attached hydrogens (primary N) is 1. The molecule has 0 aliphatic carbocycles. The summed E-state index contributed by atoms with van der Waals surface area (Å²) in [4.78, 5) is 0.123. The van der Waals surface area contributed by atoms with Gasteiger partial charge in [0.15, 0.2) is 0 Å². The molecule has 0 aliphatic rings. The van der Waals surface area contributed by atoms with Crippen molar-refractivity contribution in [2.45, 2.75) is 16.8 Å². The van der Waals surface area contributed by atoms with Crippen molar-refractivity contribution >= 4 is 28.1 Å². The Labute approximate surface area is 127 Å². The number of rotatable bonds is 3. The van der Waals surface area contributed by atoms with Gasteiger partial charge in [-0.2, -0.15) is 13.2 Å². The number of hydrogen-bond acceptors (Lipinski definition) is 2. The van der Waals surface area contributed by atoms with E-state index in [1.165, 1.54) is 12.1 Å². The molecule has 1 unspecified atom stereocenters. The Kier molecular flexibility index (Phi) is 4.58. The van der Waals surface area contributed by atoms with Gasteiger partial charge in [-0.3, -0.25) is 4.21 Å². The molecule has 2 nitrogen and oxygen atoms in total. The Hall–Kier alpha value is -1.53. The third-order valence-electron chi connectivity index (χ3n) is 2.78. The van der Waals surface area contributed by atoms with Crippen molar-refractivity contribution in [2.75, 3.05) is 5.73 Å². The summed E-state index contributed by atoms with van der Waals surface area (Å²) in [6.45, 7) is 0. The zero-order chi connectivity index (χ0) is 15.6. The molecule has 0 saturated heterocycles. The van der Waals surface area contributed by atoms with Gasteiger partial charge in [0, 0.05) is 4.90 Å².